The number of alkyl halides is 1. The third kappa shape index (κ3) is 2.57. The van der Waals surface area contributed by atoms with E-state index in [9.17, 15) is 15.0 Å². The minimum absolute atomic E-state index is 0.0903. The van der Waals surface area contributed by atoms with E-state index >= 15 is 0 Å². The lowest BCUT2D eigenvalue weighted by atomic mass is 10.1. The highest BCUT2D eigenvalue weighted by molar-refractivity contribution is 9.10. The number of rotatable bonds is 3. The van der Waals surface area contributed by atoms with Gasteiger partial charge in [-0.1, -0.05) is 0 Å². The quantitative estimate of drug-likeness (QED) is 0.717. The molecule has 1 rings (SSSR count). The van der Waals surface area contributed by atoms with Crippen molar-refractivity contribution in [2.24, 2.45) is 0 Å². The molecule has 1 aromatic rings. The van der Waals surface area contributed by atoms with Gasteiger partial charge >= 0.3 is 0 Å². The molecular formula is C8H9BrClNO3. The average molecular weight is 283 g/mol. The number of aromatic amines is 1. The van der Waals surface area contributed by atoms with Crippen LogP contribution in [0.5, 0.6) is 0 Å². The van der Waals surface area contributed by atoms with Gasteiger partial charge in [0.1, 0.15) is 6.10 Å². The number of aromatic nitrogens is 1. The molecule has 2 atom stereocenters. The predicted molar refractivity (Wildman–Crippen MR) is 56.4 cm³/mol. The molecule has 0 saturated carbocycles. The molecule has 14 heavy (non-hydrogen) atoms. The summed E-state index contributed by atoms with van der Waals surface area (Å²) < 4.78 is 0.618. The van der Waals surface area contributed by atoms with E-state index in [0.29, 0.717) is 4.47 Å². The van der Waals surface area contributed by atoms with Crippen molar-refractivity contribution < 1.29 is 10.2 Å². The summed E-state index contributed by atoms with van der Waals surface area (Å²) >= 11 is 8.49. The van der Waals surface area contributed by atoms with Gasteiger partial charge in [-0.3, -0.25) is 4.79 Å². The van der Waals surface area contributed by atoms with Gasteiger partial charge in [-0.2, -0.15) is 0 Å². The summed E-state index contributed by atoms with van der Waals surface area (Å²) in [5.41, 5.74) is -0.350. The highest BCUT2D eigenvalue weighted by Gasteiger charge is 2.20. The summed E-state index contributed by atoms with van der Waals surface area (Å²) in [5.74, 6) is -0.132. The molecule has 0 spiro atoms. The first-order chi connectivity index (χ1) is 6.56. The van der Waals surface area contributed by atoms with Gasteiger partial charge in [0.15, 0.2) is 0 Å². The molecule has 0 bridgehead atoms. The van der Waals surface area contributed by atoms with Crippen LogP contribution in [0, 0.1) is 0 Å². The van der Waals surface area contributed by atoms with Crippen LogP contribution in [-0.4, -0.2) is 27.2 Å². The van der Waals surface area contributed by atoms with Gasteiger partial charge in [0.25, 0.3) is 5.56 Å². The predicted octanol–water partition coefficient (Wildman–Crippen LogP) is 0.770. The maximum Gasteiger partial charge on any atom is 0.253 e. The molecule has 78 valence electrons. The highest BCUT2D eigenvalue weighted by atomic mass is 79.9. The van der Waals surface area contributed by atoms with Crippen LogP contribution >= 0.6 is 27.5 Å². The van der Waals surface area contributed by atoms with Gasteiger partial charge in [0.05, 0.1) is 12.0 Å². The molecule has 0 aromatic carbocycles. The van der Waals surface area contributed by atoms with E-state index in [0.717, 1.165) is 0 Å². The van der Waals surface area contributed by atoms with E-state index in [2.05, 4.69) is 20.9 Å². The monoisotopic (exact) mass is 281 g/mol. The molecule has 0 aliphatic carbocycles. The molecule has 1 heterocycles. The summed E-state index contributed by atoms with van der Waals surface area (Å²) in [4.78, 5) is 13.7. The zero-order chi connectivity index (χ0) is 10.7. The van der Waals surface area contributed by atoms with Crippen molar-refractivity contribution in [3.63, 3.8) is 0 Å². The standard InChI is InChI=1S/C8H9BrClNO3/c9-4-1-5(8(14)11-3-4)7(13)6(12)2-10/h1,3,6-7,12-13H,2H2,(H,11,14). The van der Waals surface area contributed by atoms with E-state index in [1.807, 2.05) is 0 Å². The summed E-state index contributed by atoms with van der Waals surface area (Å²) in [6, 6.07) is 1.44. The molecule has 0 amide bonds. The largest absolute Gasteiger partial charge is 0.389 e. The van der Waals surface area contributed by atoms with Crippen LogP contribution in [0.4, 0.5) is 0 Å². The Hall–Kier alpha value is -0.360. The number of hydrogen-bond donors (Lipinski definition) is 3. The summed E-state index contributed by atoms with van der Waals surface area (Å²) in [5, 5.41) is 18.8. The lowest BCUT2D eigenvalue weighted by Gasteiger charge is -2.14. The van der Waals surface area contributed by atoms with E-state index in [-0.39, 0.29) is 11.4 Å². The Labute approximate surface area is 93.7 Å². The third-order valence-electron chi connectivity index (χ3n) is 1.74. The SMILES string of the molecule is O=c1[nH]cc(Br)cc1C(O)C(O)CCl. The first kappa shape index (κ1) is 11.7. The maximum absolute atomic E-state index is 11.2. The number of aliphatic hydroxyl groups is 2. The van der Waals surface area contributed by atoms with Crippen molar-refractivity contribution in [3.05, 3.63) is 32.7 Å². The highest BCUT2D eigenvalue weighted by Crippen LogP contribution is 2.17. The van der Waals surface area contributed by atoms with Crippen molar-refractivity contribution in [3.8, 4) is 0 Å². The second-order valence-corrected chi connectivity index (χ2v) is 3.99. The summed E-state index contributed by atoms with van der Waals surface area (Å²) in [6.45, 7) is 0. The maximum atomic E-state index is 11.2. The van der Waals surface area contributed by atoms with Crippen molar-refractivity contribution in [2.75, 3.05) is 5.88 Å². The Bertz CT molecular complexity index is 368. The zero-order valence-electron chi connectivity index (χ0n) is 7.08. The smallest absolute Gasteiger partial charge is 0.253 e. The molecule has 0 fully saturated rings. The molecule has 0 aliphatic heterocycles. The van der Waals surface area contributed by atoms with Crippen molar-refractivity contribution in [1.82, 2.24) is 4.98 Å². The van der Waals surface area contributed by atoms with Crippen LogP contribution in [0.15, 0.2) is 21.5 Å². The minimum Gasteiger partial charge on any atom is -0.389 e. The molecule has 0 aliphatic rings. The fraction of sp³-hybridized carbons (Fsp3) is 0.375. The van der Waals surface area contributed by atoms with Crippen LogP contribution in [0.3, 0.4) is 0 Å². The Morgan fingerprint density at radius 3 is 2.79 bits per heavy atom. The van der Waals surface area contributed by atoms with E-state index in [1.165, 1.54) is 12.3 Å². The molecular weight excluding hydrogens is 273 g/mol. The number of halogens is 2. The first-order valence-corrected chi connectivity index (χ1v) is 5.19. The lowest BCUT2D eigenvalue weighted by Crippen LogP contribution is -2.26. The molecule has 0 saturated heterocycles. The number of nitrogens with one attached hydrogen (secondary N) is 1. The second kappa shape index (κ2) is 4.93. The molecule has 6 heteroatoms. The van der Waals surface area contributed by atoms with Gasteiger partial charge < -0.3 is 15.2 Å². The number of hydrogen-bond acceptors (Lipinski definition) is 3. The summed E-state index contributed by atoms with van der Waals surface area (Å²) in [6.07, 6.45) is -0.966. The van der Waals surface area contributed by atoms with Gasteiger partial charge in [0, 0.05) is 16.2 Å². The van der Waals surface area contributed by atoms with Crippen LogP contribution in [0.25, 0.3) is 0 Å². The van der Waals surface area contributed by atoms with Crippen LogP contribution in [0.2, 0.25) is 0 Å². The fourth-order valence-corrected chi connectivity index (χ4v) is 1.51. The molecule has 1 aromatic heterocycles. The number of aliphatic hydroxyl groups excluding tert-OH is 2. The van der Waals surface area contributed by atoms with Gasteiger partial charge in [-0.25, -0.2) is 0 Å². The number of H-pyrrole nitrogens is 1. The van der Waals surface area contributed by atoms with Crippen LogP contribution in [-0.2, 0) is 0 Å². The normalized spacial score (nSPS) is 15.1. The average Bonchev–Trinajstić information content (AvgIpc) is 2.19. The van der Waals surface area contributed by atoms with E-state index < -0.39 is 17.8 Å². The van der Waals surface area contributed by atoms with Crippen LogP contribution < -0.4 is 5.56 Å². The van der Waals surface area contributed by atoms with Crippen LogP contribution in [0.1, 0.15) is 11.7 Å². The van der Waals surface area contributed by atoms with E-state index in [4.69, 9.17) is 11.6 Å². The first-order valence-electron chi connectivity index (χ1n) is 3.86. The fourth-order valence-electron chi connectivity index (χ4n) is 0.985. The third-order valence-corrected chi connectivity index (χ3v) is 2.51. The molecule has 2 unspecified atom stereocenters. The lowest BCUT2D eigenvalue weighted by molar-refractivity contribution is 0.0318. The van der Waals surface area contributed by atoms with Gasteiger partial charge in [-0.15, -0.1) is 11.6 Å². The topological polar surface area (TPSA) is 73.3 Å². The Kier molecular flexibility index (Phi) is 4.12. The van der Waals surface area contributed by atoms with Crippen molar-refractivity contribution in [1.29, 1.82) is 0 Å². The number of pyridine rings is 1. The Morgan fingerprint density at radius 1 is 1.57 bits per heavy atom. The zero-order valence-corrected chi connectivity index (χ0v) is 9.42. The summed E-state index contributed by atoms with van der Waals surface area (Å²) in [7, 11) is 0. The second-order valence-electron chi connectivity index (χ2n) is 2.77. The Balaban J connectivity index is 3.05. The molecule has 0 radical (unpaired) electrons. The van der Waals surface area contributed by atoms with Gasteiger partial charge in [-0.05, 0) is 22.0 Å². The molecule has 4 nitrogen and oxygen atoms in total. The van der Waals surface area contributed by atoms with E-state index in [1.54, 1.807) is 0 Å². The van der Waals surface area contributed by atoms with Crippen molar-refractivity contribution >= 4 is 27.5 Å². The Morgan fingerprint density at radius 2 is 2.21 bits per heavy atom. The van der Waals surface area contributed by atoms with Crippen molar-refractivity contribution in [2.45, 2.75) is 12.2 Å². The molecule has 3 N–H and O–H groups in total. The minimum atomic E-state index is -1.27. The van der Waals surface area contributed by atoms with Gasteiger partial charge in [0.2, 0.25) is 0 Å².